The molecule has 0 aliphatic heterocycles. The second-order valence-electron chi connectivity index (χ2n) is 6.10. The van der Waals surface area contributed by atoms with E-state index < -0.39 is 0 Å². The average molecular weight is 281 g/mol. The molecule has 0 fully saturated rings. The number of hydrogen-bond donors (Lipinski definition) is 1. The zero-order valence-electron chi connectivity index (χ0n) is 12.9. The van der Waals surface area contributed by atoms with Crippen LogP contribution in [0.4, 0.5) is 0 Å². The molecule has 0 bridgehead atoms. The van der Waals surface area contributed by atoms with Gasteiger partial charge in [-0.05, 0) is 34.2 Å². The molecule has 0 amide bonds. The van der Waals surface area contributed by atoms with Crippen LogP contribution < -0.4 is 5.32 Å². The summed E-state index contributed by atoms with van der Waals surface area (Å²) in [5.74, 6) is 0. The third kappa shape index (κ3) is 6.85. The maximum absolute atomic E-state index is 4.69. The van der Waals surface area contributed by atoms with E-state index in [1.165, 1.54) is 11.3 Å². The number of likely N-dealkylation sites (N-methyl/N-ethyl adjacent to an activating group) is 1. The molecule has 0 aromatic carbocycles. The summed E-state index contributed by atoms with van der Waals surface area (Å²) in [6.45, 7) is 18.5. The van der Waals surface area contributed by atoms with Gasteiger partial charge in [0.15, 0.2) is 0 Å². The van der Waals surface area contributed by atoms with Crippen LogP contribution >= 0.6 is 11.3 Å². The Hall–Kier alpha value is -0.710. The highest BCUT2D eigenvalue weighted by molar-refractivity contribution is 7.09. The minimum Gasteiger partial charge on any atom is -0.306 e. The maximum Gasteiger partial charge on any atom is 0.107 e. The molecule has 3 nitrogen and oxygen atoms in total. The molecular weight excluding hydrogens is 254 g/mol. The molecule has 0 spiro atoms. The van der Waals surface area contributed by atoms with E-state index in [2.05, 4.69) is 56.8 Å². The van der Waals surface area contributed by atoms with Gasteiger partial charge in [0.25, 0.3) is 0 Å². The van der Waals surface area contributed by atoms with Gasteiger partial charge in [-0.1, -0.05) is 19.1 Å². The largest absolute Gasteiger partial charge is 0.306 e. The lowest BCUT2D eigenvalue weighted by atomic mass is 10.1. The van der Waals surface area contributed by atoms with Gasteiger partial charge in [-0.3, -0.25) is 4.90 Å². The molecule has 1 aromatic rings. The summed E-state index contributed by atoms with van der Waals surface area (Å²) >= 11 is 1.74. The Balaban J connectivity index is 2.52. The number of rotatable bonds is 7. The second kappa shape index (κ2) is 7.17. The Morgan fingerprint density at radius 2 is 2.16 bits per heavy atom. The molecule has 4 heteroatoms. The number of nitrogens with zero attached hydrogens (tertiary/aromatic N) is 2. The van der Waals surface area contributed by atoms with Gasteiger partial charge < -0.3 is 5.32 Å². The van der Waals surface area contributed by atoms with Crippen molar-refractivity contribution in [1.82, 2.24) is 15.2 Å². The molecule has 0 aliphatic carbocycles. The summed E-state index contributed by atoms with van der Waals surface area (Å²) in [6, 6.07) is 0. The zero-order chi connectivity index (χ0) is 14.5. The highest BCUT2D eigenvalue weighted by atomic mass is 32.1. The van der Waals surface area contributed by atoms with Crippen molar-refractivity contribution in [2.75, 3.05) is 13.1 Å². The number of thiazole rings is 1. The Labute approximate surface area is 121 Å². The van der Waals surface area contributed by atoms with Crippen molar-refractivity contribution in [3.05, 3.63) is 28.2 Å². The van der Waals surface area contributed by atoms with Crippen LogP contribution in [0.2, 0.25) is 0 Å². The molecule has 0 saturated carbocycles. The van der Waals surface area contributed by atoms with Crippen molar-refractivity contribution in [3.63, 3.8) is 0 Å². The van der Waals surface area contributed by atoms with E-state index in [0.717, 1.165) is 31.2 Å². The molecular formula is C15H27N3S. The first-order valence-corrected chi connectivity index (χ1v) is 7.73. The molecule has 0 unspecified atom stereocenters. The standard InChI is InChI=1S/C15H27N3S/c1-7-18(9-12(2)3)10-13-11-19-14(17-13)8-16-15(4,5)6/h11,16H,2,7-10H2,1,3-6H3. The quantitative estimate of drug-likeness (QED) is 0.776. The van der Waals surface area contributed by atoms with Gasteiger partial charge >= 0.3 is 0 Å². The smallest absolute Gasteiger partial charge is 0.107 e. The van der Waals surface area contributed by atoms with Crippen molar-refractivity contribution >= 4 is 11.3 Å². The van der Waals surface area contributed by atoms with E-state index in [-0.39, 0.29) is 5.54 Å². The molecule has 108 valence electrons. The van der Waals surface area contributed by atoms with E-state index in [0.29, 0.717) is 0 Å². The fraction of sp³-hybridized carbons (Fsp3) is 0.667. The van der Waals surface area contributed by atoms with Crippen LogP contribution in [0.5, 0.6) is 0 Å². The monoisotopic (exact) mass is 281 g/mol. The van der Waals surface area contributed by atoms with E-state index >= 15 is 0 Å². The van der Waals surface area contributed by atoms with Crippen LogP contribution in [0.15, 0.2) is 17.5 Å². The summed E-state index contributed by atoms with van der Waals surface area (Å²) in [6.07, 6.45) is 0. The molecule has 1 heterocycles. The Morgan fingerprint density at radius 3 is 2.68 bits per heavy atom. The van der Waals surface area contributed by atoms with Crippen molar-refractivity contribution in [2.24, 2.45) is 0 Å². The van der Waals surface area contributed by atoms with Gasteiger partial charge in [0.05, 0.1) is 5.69 Å². The van der Waals surface area contributed by atoms with Crippen LogP contribution in [0.3, 0.4) is 0 Å². The Morgan fingerprint density at radius 1 is 1.47 bits per heavy atom. The van der Waals surface area contributed by atoms with E-state index in [1.54, 1.807) is 11.3 Å². The first-order chi connectivity index (χ1) is 8.80. The Bertz CT molecular complexity index is 404. The van der Waals surface area contributed by atoms with Crippen LogP contribution in [0.25, 0.3) is 0 Å². The average Bonchev–Trinajstić information content (AvgIpc) is 2.72. The van der Waals surface area contributed by atoms with Gasteiger partial charge in [-0.25, -0.2) is 4.98 Å². The van der Waals surface area contributed by atoms with Gasteiger partial charge in [-0.15, -0.1) is 11.3 Å². The number of aromatic nitrogens is 1. The lowest BCUT2D eigenvalue weighted by Crippen LogP contribution is -2.35. The molecule has 0 aliphatic rings. The van der Waals surface area contributed by atoms with Gasteiger partial charge in [0, 0.05) is 30.6 Å². The van der Waals surface area contributed by atoms with E-state index in [9.17, 15) is 0 Å². The number of hydrogen-bond acceptors (Lipinski definition) is 4. The van der Waals surface area contributed by atoms with E-state index in [4.69, 9.17) is 4.98 Å². The normalized spacial score (nSPS) is 12.1. The fourth-order valence-electron chi connectivity index (χ4n) is 1.73. The van der Waals surface area contributed by atoms with Gasteiger partial charge in [-0.2, -0.15) is 0 Å². The summed E-state index contributed by atoms with van der Waals surface area (Å²) in [4.78, 5) is 7.05. The highest BCUT2D eigenvalue weighted by Gasteiger charge is 2.11. The molecule has 0 radical (unpaired) electrons. The summed E-state index contributed by atoms with van der Waals surface area (Å²) in [5, 5.41) is 6.80. The first kappa shape index (κ1) is 16.3. The van der Waals surface area contributed by atoms with Crippen molar-refractivity contribution in [1.29, 1.82) is 0 Å². The van der Waals surface area contributed by atoms with Crippen LogP contribution in [0.1, 0.15) is 45.3 Å². The van der Waals surface area contributed by atoms with Crippen molar-refractivity contribution in [2.45, 2.75) is 53.2 Å². The molecule has 1 rings (SSSR count). The lowest BCUT2D eigenvalue weighted by molar-refractivity contribution is 0.301. The lowest BCUT2D eigenvalue weighted by Gasteiger charge is -2.20. The van der Waals surface area contributed by atoms with Crippen LogP contribution in [-0.4, -0.2) is 28.5 Å². The summed E-state index contributed by atoms with van der Waals surface area (Å²) in [5.41, 5.74) is 2.51. The second-order valence-corrected chi connectivity index (χ2v) is 7.04. The SMILES string of the molecule is C=C(C)CN(CC)Cc1csc(CNC(C)(C)C)n1. The molecule has 1 aromatic heterocycles. The highest BCUT2D eigenvalue weighted by Crippen LogP contribution is 2.13. The number of nitrogens with one attached hydrogen (secondary N) is 1. The molecule has 0 saturated heterocycles. The third-order valence-electron chi connectivity index (χ3n) is 2.70. The molecule has 1 N–H and O–H groups in total. The minimum absolute atomic E-state index is 0.140. The predicted octanol–water partition coefficient (Wildman–Crippen LogP) is 3.43. The zero-order valence-corrected chi connectivity index (χ0v) is 13.7. The van der Waals surface area contributed by atoms with Crippen molar-refractivity contribution < 1.29 is 0 Å². The topological polar surface area (TPSA) is 28.2 Å². The van der Waals surface area contributed by atoms with E-state index in [1.807, 2.05) is 0 Å². The summed E-state index contributed by atoms with van der Waals surface area (Å²) in [7, 11) is 0. The van der Waals surface area contributed by atoms with Crippen molar-refractivity contribution in [3.8, 4) is 0 Å². The Kier molecular flexibility index (Phi) is 6.17. The minimum atomic E-state index is 0.140. The van der Waals surface area contributed by atoms with Gasteiger partial charge in [0.1, 0.15) is 5.01 Å². The summed E-state index contributed by atoms with van der Waals surface area (Å²) < 4.78 is 0. The van der Waals surface area contributed by atoms with Crippen LogP contribution in [-0.2, 0) is 13.1 Å². The maximum atomic E-state index is 4.69. The van der Waals surface area contributed by atoms with Crippen LogP contribution in [0, 0.1) is 0 Å². The molecule has 0 atom stereocenters. The third-order valence-corrected chi connectivity index (χ3v) is 3.59. The molecule has 19 heavy (non-hydrogen) atoms. The van der Waals surface area contributed by atoms with Gasteiger partial charge in [0.2, 0.25) is 0 Å². The fourth-order valence-corrected chi connectivity index (χ4v) is 2.46. The first-order valence-electron chi connectivity index (χ1n) is 6.85. The predicted molar refractivity (Wildman–Crippen MR) is 84.5 cm³/mol.